The molecule has 0 saturated carbocycles. The number of rotatable bonds is 1. The van der Waals surface area contributed by atoms with Crippen molar-refractivity contribution in [2.75, 3.05) is 6.54 Å². The number of phenols is 1. The maximum absolute atomic E-state index is 11.1. The molecular formula is C11H11NO3S. The van der Waals surface area contributed by atoms with Gasteiger partial charge < -0.3 is 14.8 Å². The van der Waals surface area contributed by atoms with Crippen molar-refractivity contribution in [3.63, 3.8) is 0 Å². The number of aromatic hydroxyl groups is 1. The molecule has 4 nitrogen and oxygen atoms in total. The highest BCUT2D eigenvalue weighted by molar-refractivity contribution is 7.16. The van der Waals surface area contributed by atoms with Crippen LogP contribution in [0.15, 0.2) is 21.3 Å². The first kappa shape index (κ1) is 9.86. The van der Waals surface area contributed by atoms with Gasteiger partial charge in [-0.25, -0.2) is 4.79 Å². The van der Waals surface area contributed by atoms with Gasteiger partial charge >= 0.3 is 4.94 Å². The third-order valence-corrected chi connectivity index (χ3v) is 3.70. The molecule has 1 atom stereocenters. The van der Waals surface area contributed by atoms with E-state index in [0.717, 1.165) is 36.3 Å². The second-order valence-electron chi connectivity index (χ2n) is 3.96. The molecule has 1 aromatic carbocycles. The molecule has 2 aromatic rings. The number of phenolic OH excluding ortho intramolecular Hbond substituents is 1. The van der Waals surface area contributed by atoms with Crippen LogP contribution in [0.2, 0.25) is 0 Å². The summed E-state index contributed by atoms with van der Waals surface area (Å²) >= 11 is 1.01. The third-order valence-electron chi connectivity index (χ3n) is 2.92. The van der Waals surface area contributed by atoms with Crippen LogP contribution in [0.5, 0.6) is 5.75 Å². The Balaban J connectivity index is 2.16. The van der Waals surface area contributed by atoms with Gasteiger partial charge in [-0.2, -0.15) is 0 Å². The van der Waals surface area contributed by atoms with Gasteiger partial charge in [0.15, 0.2) is 0 Å². The minimum Gasteiger partial charge on any atom is -0.508 e. The minimum atomic E-state index is -0.328. The fourth-order valence-corrected chi connectivity index (χ4v) is 2.84. The standard InChI is InChI=1S/C11H11NO3S/c13-8-5-10-9(15-11(14)16-10)4-6(8)7-2-1-3-12-7/h4-5,7,12-13H,1-3H2. The normalized spacial score (nSPS) is 20.6. The molecule has 1 aromatic heterocycles. The Labute approximate surface area is 95.5 Å². The van der Waals surface area contributed by atoms with Gasteiger partial charge in [0.25, 0.3) is 0 Å². The summed E-state index contributed by atoms with van der Waals surface area (Å²) in [6.45, 7) is 0.968. The second kappa shape index (κ2) is 3.61. The van der Waals surface area contributed by atoms with Crippen molar-refractivity contribution in [3.8, 4) is 5.75 Å². The van der Waals surface area contributed by atoms with Gasteiger partial charge in [0, 0.05) is 17.7 Å². The predicted octanol–water partition coefficient (Wildman–Crippen LogP) is 1.98. The molecule has 5 heteroatoms. The van der Waals surface area contributed by atoms with E-state index in [2.05, 4.69) is 5.32 Å². The van der Waals surface area contributed by atoms with Crippen LogP contribution in [-0.2, 0) is 0 Å². The topological polar surface area (TPSA) is 62.5 Å². The van der Waals surface area contributed by atoms with Crippen molar-refractivity contribution in [2.24, 2.45) is 0 Å². The molecule has 0 radical (unpaired) electrons. The maximum Gasteiger partial charge on any atom is 0.396 e. The van der Waals surface area contributed by atoms with Crippen LogP contribution in [0.3, 0.4) is 0 Å². The van der Waals surface area contributed by atoms with E-state index in [9.17, 15) is 9.90 Å². The molecule has 0 aliphatic carbocycles. The van der Waals surface area contributed by atoms with E-state index in [1.54, 1.807) is 12.1 Å². The van der Waals surface area contributed by atoms with Crippen molar-refractivity contribution in [1.82, 2.24) is 5.32 Å². The molecule has 0 amide bonds. The van der Waals surface area contributed by atoms with Crippen LogP contribution in [-0.4, -0.2) is 11.7 Å². The van der Waals surface area contributed by atoms with E-state index < -0.39 is 0 Å². The van der Waals surface area contributed by atoms with E-state index in [-0.39, 0.29) is 16.7 Å². The van der Waals surface area contributed by atoms with Crippen LogP contribution < -0.4 is 10.3 Å². The molecule has 84 valence electrons. The maximum atomic E-state index is 11.1. The van der Waals surface area contributed by atoms with Crippen molar-refractivity contribution in [2.45, 2.75) is 18.9 Å². The van der Waals surface area contributed by atoms with E-state index in [1.807, 2.05) is 0 Å². The highest BCUT2D eigenvalue weighted by Crippen LogP contribution is 2.34. The SMILES string of the molecule is O=c1oc2cc(C3CCCN3)c(O)cc2s1. The summed E-state index contributed by atoms with van der Waals surface area (Å²) in [7, 11) is 0. The lowest BCUT2D eigenvalue weighted by Gasteiger charge is -2.11. The average molecular weight is 237 g/mol. The minimum absolute atomic E-state index is 0.176. The van der Waals surface area contributed by atoms with Crippen LogP contribution in [0.25, 0.3) is 10.3 Å². The molecule has 1 fully saturated rings. The number of hydrogen-bond donors (Lipinski definition) is 2. The van der Waals surface area contributed by atoms with E-state index in [0.29, 0.717) is 10.3 Å². The predicted molar refractivity (Wildman–Crippen MR) is 62.0 cm³/mol. The first-order valence-corrected chi connectivity index (χ1v) is 6.05. The van der Waals surface area contributed by atoms with Crippen LogP contribution in [0, 0.1) is 0 Å². The molecule has 0 spiro atoms. The molecule has 2 N–H and O–H groups in total. The molecule has 1 aliphatic rings. The molecule has 16 heavy (non-hydrogen) atoms. The summed E-state index contributed by atoms with van der Waals surface area (Å²) in [4.78, 5) is 10.8. The number of nitrogens with one attached hydrogen (secondary N) is 1. The van der Waals surface area contributed by atoms with Gasteiger partial charge in [0.1, 0.15) is 11.3 Å². The fraction of sp³-hybridized carbons (Fsp3) is 0.364. The summed E-state index contributed by atoms with van der Waals surface area (Å²) in [5.41, 5.74) is 1.39. The Morgan fingerprint density at radius 3 is 3.12 bits per heavy atom. The molecule has 1 unspecified atom stereocenters. The Bertz CT molecular complexity index is 580. The second-order valence-corrected chi connectivity index (χ2v) is 4.94. The van der Waals surface area contributed by atoms with Crippen LogP contribution in [0.4, 0.5) is 0 Å². The van der Waals surface area contributed by atoms with E-state index >= 15 is 0 Å². The van der Waals surface area contributed by atoms with Gasteiger partial charge in [-0.1, -0.05) is 11.3 Å². The number of hydrogen-bond acceptors (Lipinski definition) is 5. The van der Waals surface area contributed by atoms with Gasteiger partial charge in [0.05, 0.1) is 4.70 Å². The lowest BCUT2D eigenvalue weighted by molar-refractivity contribution is 0.457. The summed E-state index contributed by atoms with van der Waals surface area (Å²) in [6.07, 6.45) is 2.11. The molecule has 3 rings (SSSR count). The lowest BCUT2D eigenvalue weighted by Crippen LogP contribution is -2.12. The van der Waals surface area contributed by atoms with Crippen molar-refractivity contribution >= 4 is 21.6 Å². The lowest BCUT2D eigenvalue weighted by atomic mass is 10.0. The molecule has 2 heterocycles. The van der Waals surface area contributed by atoms with Crippen LogP contribution in [0.1, 0.15) is 24.4 Å². The van der Waals surface area contributed by atoms with Gasteiger partial charge in [-0.15, -0.1) is 0 Å². The molecule has 1 saturated heterocycles. The van der Waals surface area contributed by atoms with Crippen molar-refractivity contribution in [1.29, 1.82) is 0 Å². The first-order valence-electron chi connectivity index (χ1n) is 5.24. The van der Waals surface area contributed by atoms with E-state index in [1.165, 1.54) is 0 Å². The van der Waals surface area contributed by atoms with Crippen molar-refractivity contribution in [3.05, 3.63) is 27.4 Å². The number of fused-ring (bicyclic) bond motifs is 1. The zero-order valence-corrected chi connectivity index (χ0v) is 9.34. The van der Waals surface area contributed by atoms with Gasteiger partial charge in [0.2, 0.25) is 0 Å². The van der Waals surface area contributed by atoms with Gasteiger partial charge in [-0.05, 0) is 25.5 Å². The van der Waals surface area contributed by atoms with E-state index in [4.69, 9.17) is 4.42 Å². The molecule has 1 aliphatic heterocycles. The largest absolute Gasteiger partial charge is 0.508 e. The third kappa shape index (κ3) is 1.52. The quantitative estimate of drug-likeness (QED) is 0.796. The van der Waals surface area contributed by atoms with Gasteiger partial charge in [-0.3, -0.25) is 0 Å². The molecule has 0 bridgehead atoms. The number of benzene rings is 1. The highest BCUT2D eigenvalue weighted by Gasteiger charge is 2.20. The Morgan fingerprint density at radius 2 is 2.38 bits per heavy atom. The highest BCUT2D eigenvalue weighted by atomic mass is 32.1. The van der Waals surface area contributed by atoms with Crippen LogP contribution >= 0.6 is 11.3 Å². The van der Waals surface area contributed by atoms with Crippen molar-refractivity contribution < 1.29 is 9.52 Å². The zero-order valence-electron chi connectivity index (χ0n) is 8.53. The fourth-order valence-electron chi connectivity index (χ4n) is 2.15. The summed E-state index contributed by atoms with van der Waals surface area (Å²) in [6, 6.07) is 3.56. The summed E-state index contributed by atoms with van der Waals surface area (Å²) in [5, 5.41) is 13.2. The average Bonchev–Trinajstić information content (AvgIpc) is 2.83. The summed E-state index contributed by atoms with van der Waals surface area (Å²) in [5.74, 6) is 0.240. The molecular weight excluding hydrogens is 226 g/mol. The Morgan fingerprint density at radius 1 is 1.50 bits per heavy atom. The summed E-state index contributed by atoms with van der Waals surface area (Å²) < 4.78 is 5.75. The smallest absolute Gasteiger partial charge is 0.396 e. The first-order chi connectivity index (χ1) is 7.74. The Kier molecular flexibility index (Phi) is 2.22. The monoisotopic (exact) mass is 237 g/mol. The zero-order chi connectivity index (χ0) is 11.1. The Hall–Kier alpha value is -1.33.